The minimum absolute atomic E-state index is 0.00351. The summed E-state index contributed by atoms with van der Waals surface area (Å²) < 4.78 is 29.0. The summed E-state index contributed by atoms with van der Waals surface area (Å²) in [5.41, 5.74) is 0.752. The largest absolute Gasteiger partial charge is 0.361 e. The fourth-order valence-electron chi connectivity index (χ4n) is 3.95. The second kappa shape index (κ2) is 9.89. The third kappa shape index (κ3) is 4.95. The van der Waals surface area contributed by atoms with Gasteiger partial charge in [-0.1, -0.05) is 13.5 Å². The zero-order valence-corrected chi connectivity index (χ0v) is 18.5. The molecular formula is C24H28F2N4O2. The minimum Gasteiger partial charge on any atom is -0.361 e. The Morgan fingerprint density at radius 2 is 2.09 bits per heavy atom. The van der Waals surface area contributed by atoms with Gasteiger partial charge in [-0.3, -0.25) is 9.59 Å². The molecule has 2 atom stereocenters. The summed E-state index contributed by atoms with van der Waals surface area (Å²) in [6.45, 7) is 6.77. The Labute approximate surface area is 186 Å². The number of aromatic amines is 1. The molecule has 1 aliphatic rings. The maximum atomic E-state index is 14.7. The Morgan fingerprint density at radius 1 is 1.34 bits per heavy atom. The van der Waals surface area contributed by atoms with Crippen molar-refractivity contribution in [1.82, 2.24) is 15.2 Å². The van der Waals surface area contributed by atoms with E-state index in [0.29, 0.717) is 30.2 Å². The van der Waals surface area contributed by atoms with Gasteiger partial charge >= 0.3 is 0 Å². The molecular weight excluding hydrogens is 414 g/mol. The van der Waals surface area contributed by atoms with Crippen molar-refractivity contribution in [2.75, 3.05) is 7.05 Å². The van der Waals surface area contributed by atoms with E-state index in [-0.39, 0.29) is 34.8 Å². The van der Waals surface area contributed by atoms with Gasteiger partial charge in [0.15, 0.2) is 5.70 Å². The first-order valence-electron chi connectivity index (χ1n) is 10.6. The number of carbonyl (C=O) groups excluding carboxylic acids is 2. The molecule has 1 saturated carbocycles. The maximum Gasteiger partial charge on any atom is 0.275 e. The molecule has 1 aliphatic carbocycles. The van der Waals surface area contributed by atoms with Crippen molar-refractivity contribution in [3.63, 3.8) is 0 Å². The van der Waals surface area contributed by atoms with Crippen molar-refractivity contribution < 1.29 is 18.4 Å². The van der Waals surface area contributed by atoms with Crippen LogP contribution in [-0.2, 0) is 9.59 Å². The minimum atomic E-state index is -0.735. The summed E-state index contributed by atoms with van der Waals surface area (Å²) in [5.74, 6) is -1.79. The highest BCUT2D eigenvalue weighted by atomic mass is 19.1. The molecule has 1 aromatic heterocycles. The van der Waals surface area contributed by atoms with E-state index in [1.54, 1.807) is 38.4 Å². The molecule has 2 amide bonds. The van der Waals surface area contributed by atoms with Crippen molar-refractivity contribution in [3.05, 3.63) is 53.9 Å². The highest BCUT2D eigenvalue weighted by Gasteiger charge is 2.32. The van der Waals surface area contributed by atoms with Crippen LogP contribution in [0.5, 0.6) is 0 Å². The van der Waals surface area contributed by atoms with Gasteiger partial charge in [0.25, 0.3) is 5.91 Å². The average Bonchev–Trinajstić information content (AvgIpc) is 3.43. The number of H-pyrrole nitrogens is 1. The van der Waals surface area contributed by atoms with Crippen molar-refractivity contribution in [2.45, 2.75) is 51.6 Å². The predicted octanol–water partition coefficient (Wildman–Crippen LogP) is 4.50. The number of carbonyl (C=O) groups is 2. The van der Waals surface area contributed by atoms with E-state index in [1.807, 2.05) is 0 Å². The van der Waals surface area contributed by atoms with Crippen LogP contribution >= 0.6 is 0 Å². The Bertz CT molecular complexity index is 1100. The standard InChI is InChI=1S/C24H28F2N4O2/c1-5-21(31)29-16-6-7-17(12-16)30(4)24(32)23(15(3)25)28-13-14(2)18-8-9-20-19(22(18)26)10-11-27-20/h8-11,13,16-17,27H,2,5-7,12H2,1,3-4H3,(H,29,31)/b23-15+,28-13?/t16-,17+/m0/s1. The van der Waals surface area contributed by atoms with Crippen LogP contribution in [0.15, 0.2) is 47.5 Å². The zero-order valence-electron chi connectivity index (χ0n) is 18.5. The van der Waals surface area contributed by atoms with Crippen LogP contribution in [0.4, 0.5) is 8.78 Å². The van der Waals surface area contributed by atoms with Gasteiger partial charge < -0.3 is 15.2 Å². The summed E-state index contributed by atoms with van der Waals surface area (Å²) in [6.07, 6.45) is 5.30. The van der Waals surface area contributed by atoms with Gasteiger partial charge in [-0.25, -0.2) is 13.8 Å². The number of hydrogen-bond acceptors (Lipinski definition) is 3. The van der Waals surface area contributed by atoms with E-state index < -0.39 is 17.6 Å². The van der Waals surface area contributed by atoms with Crippen LogP contribution < -0.4 is 5.32 Å². The molecule has 170 valence electrons. The van der Waals surface area contributed by atoms with Crippen LogP contribution in [0.25, 0.3) is 16.5 Å². The first kappa shape index (κ1) is 23.4. The Balaban J connectivity index is 1.72. The van der Waals surface area contributed by atoms with Gasteiger partial charge in [0.2, 0.25) is 5.91 Å². The Kier molecular flexibility index (Phi) is 7.22. The lowest BCUT2D eigenvalue weighted by Crippen LogP contribution is -2.38. The second-order valence-corrected chi connectivity index (χ2v) is 8.03. The van der Waals surface area contributed by atoms with Crippen molar-refractivity contribution in [3.8, 4) is 0 Å². The first-order valence-corrected chi connectivity index (χ1v) is 10.6. The Morgan fingerprint density at radius 3 is 2.78 bits per heavy atom. The highest BCUT2D eigenvalue weighted by Crippen LogP contribution is 2.27. The van der Waals surface area contributed by atoms with Crippen LogP contribution in [0.1, 0.15) is 45.1 Å². The number of likely N-dealkylation sites (N-methyl/N-ethyl adjacent to an activating group) is 1. The number of halogens is 2. The number of nitrogens with zero attached hydrogens (tertiary/aromatic N) is 2. The van der Waals surface area contributed by atoms with Gasteiger partial charge in [0.1, 0.15) is 11.6 Å². The van der Waals surface area contributed by atoms with Gasteiger partial charge in [0.05, 0.1) is 0 Å². The number of benzene rings is 1. The molecule has 1 fully saturated rings. The number of amides is 2. The van der Waals surface area contributed by atoms with E-state index in [0.717, 1.165) is 13.3 Å². The summed E-state index contributed by atoms with van der Waals surface area (Å²) in [5, 5.41) is 3.35. The summed E-state index contributed by atoms with van der Waals surface area (Å²) in [6, 6.07) is 4.76. The van der Waals surface area contributed by atoms with E-state index in [2.05, 4.69) is 21.9 Å². The molecule has 1 heterocycles. The summed E-state index contributed by atoms with van der Waals surface area (Å²) in [4.78, 5) is 33.0. The maximum absolute atomic E-state index is 14.7. The molecule has 3 rings (SSSR count). The lowest BCUT2D eigenvalue weighted by Gasteiger charge is -2.25. The molecule has 0 aliphatic heterocycles. The topological polar surface area (TPSA) is 77.6 Å². The zero-order chi connectivity index (χ0) is 23.4. The van der Waals surface area contributed by atoms with E-state index >= 15 is 0 Å². The average molecular weight is 443 g/mol. The quantitative estimate of drug-likeness (QED) is 0.489. The van der Waals surface area contributed by atoms with Gasteiger partial charge in [-0.05, 0) is 50.0 Å². The van der Waals surface area contributed by atoms with Crippen molar-refractivity contribution in [1.29, 1.82) is 0 Å². The summed E-state index contributed by atoms with van der Waals surface area (Å²) >= 11 is 0. The third-order valence-corrected chi connectivity index (χ3v) is 5.85. The molecule has 0 bridgehead atoms. The first-order chi connectivity index (χ1) is 15.2. The lowest BCUT2D eigenvalue weighted by atomic mass is 10.1. The number of nitrogens with one attached hydrogen (secondary N) is 2. The monoisotopic (exact) mass is 442 g/mol. The molecule has 1 aromatic carbocycles. The number of aliphatic imine (C=N–C) groups is 1. The van der Waals surface area contributed by atoms with Crippen LogP contribution in [-0.4, -0.2) is 47.0 Å². The number of allylic oxidation sites excluding steroid dienone is 2. The van der Waals surface area contributed by atoms with E-state index in [9.17, 15) is 18.4 Å². The van der Waals surface area contributed by atoms with Crippen molar-refractivity contribution >= 4 is 34.5 Å². The molecule has 0 saturated heterocycles. The third-order valence-electron chi connectivity index (χ3n) is 5.85. The second-order valence-electron chi connectivity index (χ2n) is 8.03. The van der Waals surface area contributed by atoms with Crippen LogP contribution in [0.2, 0.25) is 0 Å². The van der Waals surface area contributed by atoms with E-state index in [4.69, 9.17) is 0 Å². The predicted molar refractivity (Wildman–Crippen MR) is 122 cm³/mol. The number of rotatable bonds is 7. The normalized spacial score (nSPS) is 19.3. The molecule has 32 heavy (non-hydrogen) atoms. The fourth-order valence-corrected chi connectivity index (χ4v) is 3.95. The lowest BCUT2D eigenvalue weighted by molar-refractivity contribution is -0.128. The Hall–Kier alpha value is -3.29. The van der Waals surface area contributed by atoms with Gasteiger partial charge in [-0.2, -0.15) is 0 Å². The van der Waals surface area contributed by atoms with Crippen LogP contribution in [0, 0.1) is 5.82 Å². The molecule has 0 unspecified atom stereocenters. The molecule has 8 heteroatoms. The molecule has 6 nitrogen and oxygen atoms in total. The number of fused-ring (bicyclic) bond motifs is 1. The SMILES string of the molecule is C=C(C=N/C(C(=O)N(C)[C@@H]1CC[C@H](NC(=O)CC)C1)=C(\C)F)c1ccc2[nH]ccc2c1F. The van der Waals surface area contributed by atoms with Gasteiger partial charge in [-0.15, -0.1) is 0 Å². The highest BCUT2D eigenvalue weighted by molar-refractivity contribution is 6.11. The fraction of sp³-hybridized carbons (Fsp3) is 0.375. The number of aromatic nitrogens is 1. The molecule has 0 spiro atoms. The van der Waals surface area contributed by atoms with Crippen LogP contribution in [0.3, 0.4) is 0 Å². The molecule has 2 N–H and O–H groups in total. The van der Waals surface area contributed by atoms with Gasteiger partial charge in [0, 0.05) is 54.4 Å². The van der Waals surface area contributed by atoms with E-state index in [1.165, 1.54) is 11.1 Å². The molecule has 0 radical (unpaired) electrons. The molecule has 2 aromatic rings. The smallest absolute Gasteiger partial charge is 0.275 e. The summed E-state index contributed by atoms with van der Waals surface area (Å²) in [7, 11) is 1.60. The number of hydrogen-bond donors (Lipinski definition) is 2. The van der Waals surface area contributed by atoms with Crippen molar-refractivity contribution in [2.24, 2.45) is 4.99 Å².